The molecule has 0 bridgehead atoms. The molecule has 1 aromatic heterocycles. The number of methoxy groups -OCH3 is 1. The van der Waals surface area contributed by atoms with Crippen LogP contribution in [0.25, 0.3) is 0 Å². The number of aryl methyl sites for hydroxylation is 1. The lowest BCUT2D eigenvalue weighted by Gasteiger charge is -2.11. The van der Waals surface area contributed by atoms with Gasteiger partial charge in [0.2, 0.25) is 0 Å². The number of anilines is 2. The van der Waals surface area contributed by atoms with Gasteiger partial charge in [0.25, 0.3) is 0 Å². The lowest BCUT2D eigenvalue weighted by molar-refractivity contribution is 0.416. The van der Waals surface area contributed by atoms with E-state index >= 15 is 0 Å². The maximum atomic E-state index is 13.8. The molecule has 0 unspecified atom stereocenters. The van der Waals surface area contributed by atoms with Crippen LogP contribution in [0.4, 0.5) is 15.8 Å². The maximum Gasteiger partial charge on any atom is 0.148 e. The average molecular weight is 280 g/mol. The number of nitrogens with two attached hydrogens (primary N) is 1. The lowest BCUT2D eigenvalue weighted by Crippen LogP contribution is -2.03. The minimum atomic E-state index is -0.368. The van der Waals surface area contributed by atoms with Gasteiger partial charge in [0.15, 0.2) is 0 Å². The molecule has 0 atom stereocenters. The molecule has 0 aliphatic carbocycles. The zero-order chi connectivity index (χ0) is 13.8. The van der Waals surface area contributed by atoms with Crippen molar-refractivity contribution >= 4 is 22.7 Å². The van der Waals surface area contributed by atoms with E-state index in [1.54, 1.807) is 17.4 Å². The molecule has 2 rings (SSSR count). The first-order valence-electron chi connectivity index (χ1n) is 6.07. The molecule has 0 aliphatic heterocycles. The van der Waals surface area contributed by atoms with Crippen molar-refractivity contribution in [2.24, 2.45) is 0 Å². The van der Waals surface area contributed by atoms with Gasteiger partial charge in [0, 0.05) is 23.6 Å². The van der Waals surface area contributed by atoms with Gasteiger partial charge in [-0.2, -0.15) is 0 Å². The molecule has 1 aromatic carbocycles. The molecular formula is C14H17FN2OS. The molecule has 0 amide bonds. The van der Waals surface area contributed by atoms with Crippen LogP contribution in [0.1, 0.15) is 17.4 Å². The van der Waals surface area contributed by atoms with Crippen molar-refractivity contribution in [1.29, 1.82) is 0 Å². The summed E-state index contributed by atoms with van der Waals surface area (Å²) in [4.78, 5) is 1.22. The summed E-state index contributed by atoms with van der Waals surface area (Å²) in [6.07, 6.45) is 0.980. The van der Waals surface area contributed by atoms with Crippen molar-refractivity contribution in [3.63, 3.8) is 0 Å². The van der Waals surface area contributed by atoms with E-state index in [1.807, 2.05) is 0 Å². The van der Waals surface area contributed by atoms with Crippen molar-refractivity contribution < 1.29 is 9.13 Å². The second kappa shape index (κ2) is 5.93. The maximum absolute atomic E-state index is 13.8. The molecule has 19 heavy (non-hydrogen) atoms. The summed E-state index contributed by atoms with van der Waals surface area (Å²) in [5, 5.41) is 5.14. The Labute approximate surface area is 116 Å². The zero-order valence-corrected chi connectivity index (χ0v) is 11.8. The third kappa shape index (κ3) is 2.98. The van der Waals surface area contributed by atoms with Gasteiger partial charge in [-0.15, -0.1) is 11.3 Å². The van der Waals surface area contributed by atoms with Crippen molar-refractivity contribution in [2.45, 2.75) is 19.9 Å². The van der Waals surface area contributed by atoms with Crippen LogP contribution in [-0.2, 0) is 13.0 Å². The standard InChI is InChI=1S/C14H17FN2OS/c1-3-9-4-5-19-14(9)8-17-12-7-13(18-2)11(16)6-10(12)15/h4-7,17H,3,8,16H2,1-2H3. The fourth-order valence-corrected chi connectivity index (χ4v) is 2.81. The number of nitrogen functional groups attached to an aromatic ring is 1. The summed E-state index contributed by atoms with van der Waals surface area (Å²) in [5.74, 6) is 0.110. The minimum Gasteiger partial charge on any atom is -0.495 e. The van der Waals surface area contributed by atoms with Crippen LogP contribution in [0, 0.1) is 5.82 Å². The van der Waals surface area contributed by atoms with Crippen molar-refractivity contribution in [3.8, 4) is 5.75 Å². The van der Waals surface area contributed by atoms with Gasteiger partial charge < -0.3 is 15.8 Å². The summed E-state index contributed by atoms with van der Waals surface area (Å²) < 4.78 is 18.9. The van der Waals surface area contributed by atoms with Gasteiger partial charge in [-0.3, -0.25) is 0 Å². The molecule has 0 saturated carbocycles. The molecule has 102 valence electrons. The molecule has 5 heteroatoms. The van der Waals surface area contributed by atoms with Crippen molar-refractivity contribution in [3.05, 3.63) is 39.8 Å². The first-order chi connectivity index (χ1) is 9.15. The molecule has 0 saturated heterocycles. The van der Waals surface area contributed by atoms with E-state index in [1.165, 1.54) is 23.6 Å². The number of rotatable bonds is 5. The van der Waals surface area contributed by atoms with Gasteiger partial charge in [-0.1, -0.05) is 6.92 Å². The number of halogens is 1. The number of hydrogen-bond donors (Lipinski definition) is 2. The van der Waals surface area contributed by atoms with Crippen molar-refractivity contribution in [2.75, 3.05) is 18.2 Å². The van der Waals surface area contributed by atoms with Crippen LogP contribution in [0.3, 0.4) is 0 Å². The highest BCUT2D eigenvalue weighted by molar-refractivity contribution is 7.10. The number of ether oxygens (including phenoxy) is 1. The third-order valence-electron chi connectivity index (χ3n) is 2.98. The summed E-state index contributed by atoms with van der Waals surface area (Å²) in [5.41, 5.74) is 7.64. The molecule has 3 N–H and O–H groups in total. The summed E-state index contributed by atoms with van der Waals surface area (Å²) >= 11 is 1.67. The molecule has 3 nitrogen and oxygen atoms in total. The van der Waals surface area contributed by atoms with Crippen LogP contribution in [-0.4, -0.2) is 7.11 Å². The number of nitrogens with one attached hydrogen (secondary N) is 1. The number of hydrogen-bond acceptors (Lipinski definition) is 4. The van der Waals surface area contributed by atoms with Crippen LogP contribution < -0.4 is 15.8 Å². The molecule has 1 heterocycles. The number of thiophene rings is 1. The predicted octanol–water partition coefficient (Wildman–Crippen LogP) is 3.65. The molecule has 0 fully saturated rings. The Hall–Kier alpha value is -1.75. The summed E-state index contributed by atoms with van der Waals surface area (Å²) in [7, 11) is 1.52. The van der Waals surface area contributed by atoms with E-state index in [0.717, 1.165) is 6.42 Å². The lowest BCUT2D eigenvalue weighted by atomic mass is 10.2. The van der Waals surface area contributed by atoms with E-state index in [0.29, 0.717) is 23.7 Å². The monoisotopic (exact) mass is 280 g/mol. The molecule has 0 radical (unpaired) electrons. The molecule has 0 aliphatic rings. The number of benzene rings is 1. The first-order valence-corrected chi connectivity index (χ1v) is 6.95. The fraction of sp³-hybridized carbons (Fsp3) is 0.286. The Balaban J connectivity index is 2.15. The summed E-state index contributed by atoms with van der Waals surface area (Å²) in [6.45, 7) is 2.71. The molecule has 0 spiro atoms. The van der Waals surface area contributed by atoms with E-state index in [4.69, 9.17) is 10.5 Å². The van der Waals surface area contributed by atoms with Gasteiger partial charge in [0.1, 0.15) is 11.6 Å². The van der Waals surface area contributed by atoms with E-state index in [2.05, 4.69) is 23.7 Å². The Morgan fingerprint density at radius 1 is 1.42 bits per heavy atom. The Morgan fingerprint density at radius 2 is 2.21 bits per heavy atom. The molecule has 2 aromatic rings. The Kier molecular flexibility index (Phi) is 4.27. The Morgan fingerprint density at radius 3 is 2.89 bits per heavy atom. The van der Waals surface area contributed by atoms with Gasteiger partial charge in [0.05, 0.1) is 18.5 Å². The van der Waals surface area contributed by atoms with Crippen LogP contribution >= 0.6 is 11.3 Å². The minimum absolute atomic E-state index is 0.302. The highest BCUT2D eigenvalue weighted by Gasteiger charge is 2.09. The average Bonchev–Trinajstić information content (AvgIpc) is 2.85. The van der Waals surface area contributed by atoms with Gasteiger partial charge >= 0.3 is 0 Å². The van der Waals surface area contributed by atoms with Crippen LogP contribution in [0.15, 0.2) is 23.6 Å². The topological polar surface area (TPSA) is 47.3 Å². The van der Waals surface area contributed by atoms with Crippen molar-refractivity contribution in [1.82, 2.24) is 0 Å². The Bertz CT molecular complexity index is 569. The van der Waals surface area contributed by atoms with Gasteiger partial charge in [-0.05, 0) is 23.4 Å². The van der Waals surface area contributed by atoms with E-state index in [9.17, 15) is 4.39 Å². The van der Waals surface area contributed by atoms with Crippen LogP contribution in [0.5, 0.6) is 5.75 Å². The van der Waals surface area contributed by atoms with Crippen LogP contribution in [0.2, 0.25) is 0 Å². The van der Waals surface area contributed by atoms with E-state index in [-0.39, 0.29) is 5.82 Å². The largest absolute Gasteiger partial charge is 0.495 e. The smallest absolute Gasteiger partial charge is 0.148 e. The molecular weight excluding hydrogens is 263 g/mol. The predicted molar refractivity (Wildman–Crippen MR) is 78.4 cm³/mol. The second-order valence-electron chi connectivity index (χ2n) is 4.15. The highest BCUT2D eigenvalue weighted by atomic mass is 32.1. The highest BCUT2D eigenvalue weighted by Crippen LogP contribution is 2.29. The quantitative estimate of drug-likeness (QED) is 0.822. The summed E-state index contributed by atoms with van der Waals surface area (Å²) in [6, 6.07) is 4.96. The SMILES string of the molecule is CCc1ccsc1CNc1cc(OC)c(N)cc1F. The normalized spacial score (nSPS) is 10.5. The van der Waals surface area contributed by atoms with E-state index < -0.39 is 0 Å². The fourth-order valence-electron chi connectivity index (χ4n) is 1.89. The van der Waals surface area contributed by atoms with Gasteiger partial charge in [-0.25, -0.2) is 4.39 Å². The first kappa shape index (κ1) is 13.7. The zero-order valence-electron chi connectivity index (χ0n) is 11.0. The second-order valence-corrected chi connectivity index (χ2v) is 5.15. The third-order valence-corrected chi connectivity index (χ3v) is 3.94.